The molecule has 158 valence electrons. The summed E-state index contributed by atoms with van der Waals surface area (Å²) in [4.78, 5) is 12.1. The molecule has 0 radical (unpaired) electrons. The Labute approximate surface area is 175 Å². The normalized spacial score (nSPS) is 11.3. The lowest BCUT2D eigenvalue weighted by Crippen LogP contribution is -2.33. The Morgan fingerprint density at radius 1 is 1.00 bits per heavy atom. The van der Waals surface area contributed by atoms with Gasteiger partial charge in [-0.3, -0.25) is 9.10 Å². The fourth-order valence-corrected chi connectivity index (χ4v) is 4.33. The summed E-state index contributed by atoms with van der Waals surface area (Å²) in [5, 5.41) is 2.93. The maximum absolute atomic E-state index is 12.3. The molecule has 2 aromatic carbocycles. The Balaban J connectivity index is 1.80. The van der Waals surface area contributed by atoms with Crippen LogP contribution in [0, 0.1) is 20.8 Å². The van der Waals surface area contributed by atoms with Gasteiger partial charge < -0.3 is 5.32 Å². The van der Waals surface area contributed by atoms with Gasteiger partial charge in [-0.2, -0.15) is 0 Å². The van der Waals surface area contributed by atoms with E-state index < -0.39 is 10.0 Å². The lowest BCUT2D eigenvalue weighted by Gasteiger charge is -2.24. The molecule has 0 atom stereocenters. The first-order chi connectivity index (χ1) is 13.7. The van der Waals surface area contributed by atoms with E-state index >= 15 is 0 Å². The Morgan fingerprint density at radius 3 is 2.41 bits per heavy atom. The molecule has 0 aliphatic rings. The summed E-state index contributed by atoms with van der Waals surface area (Å²) in [5.41, 5.74) is 5.11. The van der Waals surface area contributed by atoms with Crippen molar-refractivity contribution < 1.29 is 13.2 Å². The molecule has 0 spiro atoms. The molecule has 2 aromatic rings. The lowest BCUT2D eigenvalue weighted by molar-refractivity contribution is -0.121. The maximum atomic E-state index is 12.3. The van der Waals surface area contributed by atoms with Gasteiger partial charge >= 0.3 is 0 Å². The van der Waals surface area contributed by atoms with Crippen LogP contribution < -0.4 is 9.62 Å². The molecule has 6 heteroatoms. The number of nitrogens with zero attached hydrogens (tertiary/aromatic N) is 1. The summed E-state index contributed by atoms with van der Waals surface area (Å²) >= 11 is 0. The minimum Gasteiger partial charge on any atom is -0.356 e. The minimum absolute atomic E-state index is 0.0383. The predicted molar refractivity (Wildman–Crippen MR) is 120 cm³/mol. The van der Waals surface area contributed by atoms with E-state index in [1.807, 2.05) is 38.1 Å². The summed E-state index contributed by atoms with van der Waals surface area (Å²) in [6, 6.07) is 14.1. The number of carbonyl (C=O) groups excluding carboxylic acids is 1. The third kappa shape index (κ3) is 7.54. The number of hydrogen-bond donors (Lipinski definition) is 1. The zero-order valence-corrected chi connectivity index (χ0v) is 18.7. The topological polar surface area (TPSA) is 66.5 Å². The van der Waals surface area contributed by atoms with Crippen molar-refractivity contribution in [3.05, 3.63) is 64.7 Å². The van der Waals surface area contributed by atoms with Crippen LogP contribution in [0.4, 0.5) is 5.69 Å². The van der Waals surface area contributed by atoms with Crippen LogP contribution in [0.3, 0.4) is 0 Å². The number of rotatable bonds is 10. The molecule has 0 aliphatic carbocycles. The quantitative estimate of drug-likeness (QED) is 0.597. The summed E-state index contributed by atoms with van der Waals surface area (Å²) < 4.78 is 25.9. The molecule has 5 nitrogen and oxygen atoms in total. The second-order valence-corrected chi connectivity index (χ2v) is 9.58. The van der Waals surface area contributed by atoms with E-state index in [0.29, 0.717) is 31.6 Å². The summed E-state index contributed by atoms with van der Waals surface area (Å²) in [5.74, 6) is -0.0383. The van der Waals surface area contributed by atoms with Crippen LogP contribution >= 0.6 is 0 Å². The van der Waals surface area contributed by atoms with Crippen molar-refractivity contribution in [1.29, 1.82) is 0 Å². The van der Waals surface area contributed by atoms with Crippen molar-refractivity contribution in [2.75, 3.05) is 23.7 Å². The van der Waals surface area contributed by atoms with E-state index in [0.717, 1.165) is 24.0 Å². The van der Waals surface area contributed by atoms with Crippen molar-refractivity contribution >= 4 is 21.6 Å². The van der Waals surface area contributed by atoms with Crippen LogP contribution in [-0.2, 0) is 21.2 Å². The molecule has 0 heterocycles. The fraction of sp³-hybridized carbons (Fsp3) is 0.435. The zero-order valence-electron chi connectivity index (χ0n) is 17.9. The second-order valence-electron chi connectivity index (χ2n) is 7.67. The molecular formula is C23H32N2O3S. The smallest absolute Gasteiger partial charge is 0.232 e. The molecule has 0 aromatic heterocycles. The van der Waals surface area contributed by atoms with E-state index in [1.165, 1.54) is 21.7 Å². The van der Waals surface area contributed by atoms with Gasteiger partial charge in [0.2, 0.25) is 15.9 Å². The van der Waals surface area contributed by atoms with Gasteiger partial charge in [-0.1, -0.05) is 42.0 Å². The first-order valence-electron chi connectivity index (χ1n) is 10.0. The highest BCUT2D eigenvalue weighted by atomic mass is 32.2. The molecule has 0 aliphatic heterocycles. The predicted octanol–water partition coefficient (Wildman–Crippen LogP) is 3.91. The number of carbonyl (C=O) groups is 1. The average molecular weight is 417 g/mol. The lowest BCUT2D eigenvalue weighted by atomic mass is 10.1. The largest absolute Gasteiger partial charge is 0.356 e. The van der Waals surface area contributed by atoms with Crippen LogP contribution in [-0.4, -0.2) is 33.7 Å². The van der Waals surface area contributed by atoms with Crippen molar-refractivity contribution in [2.24, 2.45) is 0 Å². The van der Waals surface area contributed by atoms with Gasteiger partial charge in [0.25, 0.3) is 0 Å². The van der Waals surface area contributed by atoms with Gasteiger partial charge in [0.05, 0.1) is 11.9 Å². The third-order valence-corrected chi connectivity index (χ3v) is 6.03. The van der Waals surface area contributed by atoms with Crippen molar-refractivity contribution in [1.82, 2.24) is 5.32 Å². The van der Waals surface area contributed by atoms with E-state index in [1.54, 1.807) is 0 Å². The molecule has 1 N–H and O–H groups in total. The minimum atomic E-state index is -3.41. The van der Waals surface area contributed by atoms with Gasteiger partial charge in [0.1, 0.15) is 0 Å². The number of anilines is 1. The number of aryl methyl sites for hydroxylation is 4. The highest BCUT2D eigenvalue weighted by Gasteiger charge is 2.19. The number of amides is 1. The molecule has 29 heavy (non-hydrogen) atoms. The SMILES string of the molecule is Cc1cccc(CCCNC(=O)CCCN(c2cc(C)ccc2C)S(C)(=O)=O)c1. The first kappa shape index (κ1) is 22.9. The van der Waals surface area contributed by atoms with Crippen LogP contribution in [0.1, 0.15) is 41.5 Å². The molecule has 2 rings (SSSR count). The zero-order chi connectivity index (χ0) is 21.4. The highest BCUT2D eigenvalue weighted by molar-refractivity contribution is 7.92. The third-order valence-electron chi connectivity index (χ3n) is 4.85. The van der Waals surface area contributed by atoms with Crippen molar-refractivity contribution in [3.8, 4) is 0 Å². The van der Waals surface area contributed by atoms with E-state index in [2.05, 4.69) is 30.4 Å². The molecule has 0 saturated heterocycles. The van der Waals surface area contributed by atoms with Crippen molar-refractivity contribution in [3.63, 3.8) is 0 Å². The van der Waals surface area contributed by atoms with Crippen LogP contribution in [0.15, 0.2) is 42.5 Å². The van der Waals surface area contributed by atoms with Crippen molar-refractivity contribution in [2.45, 2.75) is 46.5 Å². The standard InChI is InChI=1S/C23H32N2O3S/c1-18-8-5-9-21(16-18)10-6-14-24-23(26)11-7-15-25(29(4,27)28)22-17-19(2)12-13-20(22)3/h5,8-9,12-13,16-17H,6-7,10-11,14-15H2,1-4H3,(H,24,26). The summed E-state index contributed by atoms with van der Waals surface area (Å²) in [6.07, 6.45) is 3.80. The van der Waals surface area contributed by atoms with E-state index in [4.69, 9.17) is 0 Å². The number of nitrogens with one attached hydrogen (secondary N) is 1. The number of hydrogen-bond acceptors (Lipinski definition) is 3. The molecule has 0 bridgehead atoms. The molecule has 0 unspecified atom stereocenters. The number of benzene rings is 2. The maximum Gasteiger partial charge on any atom is 0.232 e. The van der Waals surface area contributed by atoms with Gasteiger partial charge in [0, 0.05) is 19.5 Å². The first-order valence-corrected chi connectivity index (χ1v) is 11.9. The fourth-order valence-electron chi connectivity index (χ4n) is 3.31. The van der Waals surface area contributed by atoms with Gasteiger partial charge in [0.15, 0.2) is 0 Å². The molecule has 0 fully saturated rings. The second kappa shape index (κ2) is 10.4. The van der Waals surface area contributed by atoms with Gasteiger partial charge in [-0.05, 0) is 62.8 Å². The summed E-state index contributed by atoms with van der Waals surface area (Å²) in [7, 11) is -3.41. The van der Waals surface area contributed by atoms with Gasteiger partial charge in [-0.15, -0.1) is 0 Å². The average Bonchev–Trinajstić information content (AvgIpc) is 2.64. The Hall–Kier alpha value is -2.34. The van der Waals surface area contributed by atoms with E-state index in [-0.39, 0.29) is 5.91 Å². The van der Waals surface area contributed by atoms with E-state index in [9.17, 15) is 13.2 Å². The Morgan fingerprint density at radius 2 is 1.72 bits per heavy atom. The Bertz CT molecular complexity index is 939. The molecular weight excluding hydrogens is 384 g/mol. The molecule has 0 saturated carbocycles. The summed E-state index contributed by atoms with van der Waals surface area (Å²) in [6.45, 7) is 6.82. The Kier molecular flexibility index (Phi) is 8.26. The monoisotopic (exact) mass is 416 g/mol. The van der Waals surface area contributed by atoms with Crippen LogP contribution in [0.5, 0.6) is 0 Å². The number of sulfonamides is 1. The van der Waals surface area contributed by atoms with Crippen LogP contribution in [0.2, 0.25) is 0 Å². The molecule has 1 amide bonds. The highest BCUT2D eigenvalue weighted by Crippen LogP contribution is 2.24. The van der Waals surface area contributed by atoms with Crippen LogP contribution in [0.25, 0.3) is 0 Å². The van der Waals surface area contributed by atoms with Gasteiger partial charge in [-0.25, -0.2) is 8.42 Å².